The minimum Gasteiger partial charge on any atom is -0.479 e. The van der Waals surface area contributed by atoms with E-state index in [9.17, 15) is 9.90 Å². The van der Waals surface area contributed by atoms with Crippen molar-refractivity contribution in [2.45, 2.75) is 12.2 Å². The molecule has 1 rings (SSSR count). The number of rotatable bonds is 3. The third-order valence-electron chi connectivity index (χ3n) is 1.61. The summed E-state index contributed by atoms with van der Waals surface area (Å²) in [6, 6.07) is 0. The molecule has 0 saturated heterocycles. The second-order valence-corrected chi connectivity index (χ2v) is 3.31. The van der Waals surface area contributed by atoms with Crippen LogP contribution in [0.5, 0.6) is 0 Å². The van der Waals surface area contributed by atoms with Crippen molar-refractivity contribution in [3.8, 4) is 0 Å². The van der Waals surface area contributed by atoms with Crippen molar-refractivity contribution in [2.75, 3.05) is 0 Å². The Morgan fingerprint density at radius 1 is 1.40 bits per heavy atom. The van der Waals surface area contributed by atoms with E-state index in [1.54, 1.807) is 0 Å². The molecule has 0 aliphatic carbocycles. The largest absolute Gasteiger partial charge is 0.479 e. The van der Waals surface area contributed by atoms with Gasteiger partial charge in [-0.15, -0.1) is 0 Å². The Hall–Kier alpha value is -0.950. The molecule has 0 radical (unpaired) electrons. The number of halogens is 2. The number of aliphatic hydroxyl groups is 2. The van der Waals surface area contributed by atoms with Crippen molar-refractivity contribution in [2.24, 2.45) is 0 Å². The Kier molecular flexibility index (Phi) is 3.81. The molecular weight excluding hydrogens is 247 g/mol. The molecule has 1 heterocycles. The highest BCUT2D eigenvalue weighted by Gasteiger charge is 2.27. The minimum atomic E-state index is -1.99. The van der Waals surface area contributed by atoms with E-state index in [-0.39, 0.29) is 16.0 Å². The van der Waals surface area contributed by atoms with E-state index >= 15 is 0 Å². The number of carboxylic acids is 1. The predicted octanol–water partition coefficient (Wildman–Crippen LogP) is 0.262. The average molecular weight is 253 g/mol. The number of nitrogens with zero attached hydrogens (tertiary/aromatic N) is 2. The maximum atomic E-state index is 10.4. The van der Waals surface area contributed by atoms with Crippen molar-refractivity contribution >= 4 is 29.2 Å². The summed E-state index contributed by atoms with van der Waals surface area (Å²) in [5.41, 5.74) is -0.101. The van der Waals surface area contributed by atoms with Crippen LogP contribution in [0.1, 0.15) is 11.7 Å². The molecule has 8 heteroatoms. The van der Waals surface area contributed by atoms with Gasteiger partial charge in [0, 0.05) is 11.8 Å². The van der Waals surface area contributed by atoms with Crippen LogP contribution in [-0.2, 0) is 4.79 Å². The maximum Gasteiger partial charge on any atom is 0.335 e. The lowest BCUT2D eigenvalue weighted by Gasteiger charge is -2.14. The quantitative estimate of drug-likeness (QED) is 0.527. The van der Waals surface area contributed by atoms with Crippen LogP contribution in [-0.4, -0.2) is 37.4 Å². The van der Waals surface area contributed by atoms with E-state index in [0.717, 1.165) is 6.20 Å². The van der Waals surface area contributed by atoms with Gasteiger partial charge in [0.15, 0.2) is 6.10 Å². The van der Waals surface area contributed by atoms with Gasteiger partial charge in [0.2, 0.25) is 5.28 Å². The smallest absolute Gasteiger partial charge is 0.335 e. The second-order valence-electron chi connectivity index (χ2n) is 2.61. The van der Waals surface area contributed by atoms with E-state index in [1.807, 2.05) is 0 Å². The van der Waals surface area contributed by atoms with Gasteiger partial charge in [-0.3, -0.25) is 0 Å². The number of hydrogen-bond acceptors (Lipinski definition) is 5. The molecule has 82 valence electrons. The van der Waals surface area contributed by atoms with Gasteiger partial charge in [0.25, 0.3) is 0 Å². The molecule has 3 N–H and O–H groups in total. The lowest BCUT2D eigenvalue weighted by Crippen LogP contribution is -2.27. The monoisotopic (exact) mass is 252 g/mol. The zero-order chi connectivity index (χ0) is 11.6. The van der Waals surface area contributed by atoms with Crippen molar-refractivity contribution in [1.29, 1.82) is 0 Å². The summed E-state index contributed by atoms with van der Waals surface area (Å²) in [6.07, 6.45) is -2.64. The van der Waals surface area contributed by atoms with E-state index in [4.69, 9.17) is 33.4 Å². The lowest BCUT2D eigenvalue weighted by molar-refractivity contribution is -0.153. The van der Waals surface area contributed by atoms with Crippen LogP contribution in [0.15, 0.2) is 6.20 Å². The number of carboxylic acid groups (broad SMARTS) is 1. The fourth-order valence-corrected chi connectivity index (χ4v) is 1.27. The first-order valence-electron chi connectivity index (χ1n) is 3.70. The molecule has 6 nitrogen and oxygen atoms in total. The third-order valence-corrected chi connectivity index (χ3v) is 2.09. The highest BCUT2D eigenvalue weighted by atomic mass is 35.5. The average Bonchev–Trinajstić information content (AvgIpc) is 2.15. The van der Waals surface area contributed by atoms with E-state index in [1.165, 1.54) is 0 Å². The molecule has 0 spiro atoms. The molecule has 2 unspecified atom stereocenters. The van der Waals surface area contributed by atoms with Crippen LogP contribution in [0.2, 0.25) is 10.4 Å². The molecule has 0 aliphatic rings. The predicted molar refractivity (Wildman–Crippen MR) is 50.7 cm³/mol. The van der Waals surface area contributed by atoms with E-state index in [2.05, 4.69) is 9.97 Å². The van der Waals surface area contributed by atoms with Gasteiger partial charge in [-0.25, -0.2) is 14.8 Å². The number of aliphatic carboxylic acids is 1. The first-order valence-corrected chi connectivity index (χ1v) is 4.46. The number of aromatic nitrogens is 2. The van der Waals surface area contributed by atoms with Gasteiger partial charge in [-0.05, 0) is 11.6 Å². The normalized spacial score (nSPS) is 14.7. The first kappa shape index (κ1) is 12.1. The van der Waals surface area contributed by atoms with Crippen LogP contribution >= 0.6 is 23.2 Å². The molecule has 0 aromatic carbocycles. The van der Waals surface area contributed by atoms with Crippen LogP contribution < -0.4 is 0 Å². The standard InChI is InChI=1S/C7H6Cl2N2O4/c8-5-2(1-10-7(9)11-5)3(12)4(13)6(14)15/h1,3-4,12-13H,(H,14,15). The van der Waals surface area contributed by atoms with E-state index < -0.39 is 18.2 Å². The maximum absolute atomic E-state index is 10.4. The summed E-state index contributed by atoms with van der Waals surface area (Å²) in [7, 11) is 0. The van der Waals surface area contributed by atoms with Crippen molar-refractivity contribution < 1.29 is 20.1 Å². The number of hydrogen-bond donors (Lipinski definition) is 3. The summed E-state index contributed by atoms with van der Waals surface area (Å²) >= 11 is 11.0. The molecule has 0 aliphatic heterocycles. The highest BCUT2D eigenvalue weighted by molar-refractivity contribution is 6.32. The summed E-state index contributed by atoms with van der Waals surface area (Å²) in [6.45, 7) is 0. The Bertz CT molecular complexity index is 387. The van der Waals surface area contributed by atoms with Crippen molar-refractivity contribution in [3.05, 3.63) is 22.2 Å². The summed E-state index contributed by atoms with van der Waals surface area (Å²) in [4.78, 5) is 17.4. The van der Waals surface area contributed by atoms with Gasteiger partial charge in [-0.1, -0.05) is 11.6 Å². The number of aliphatic hydroxyl groups excluding tert-OH is 2. The van der Waals surface area contributed by atoms with Gasteiger partial charge in [0.05, 0.1) is 0 Å². The van der Waals surface area contributed by atoms with E-state index in [0.29, 0.717) is 0 Å². The second kappa shape index (κ2) is 4.71. The summed E-state index contributed by atoms with van der Waals surface area (Å²) in [5, 5.41) is 26.5. The van der Waals surface area contributed by atoms with Crippen LogP contribution in [0.3, 0.4) is 0 Å². The Labute approximate surface area is 94.1 Å². The molecule has 0 saturated carbocycles. The third kappa shape index (κ3) is 2.75. The molecule has 0 fully saturated rings. The van der Waals surface area contributed by atoms with Gasteiger partial charge in [-0.2, -0.15) is 0 Å². The van der Waals surface area contributed by atoms with Crippen molar-refractivity contribution in [1.82, 2.24) is 9.97 Å². The Balaban J connectivity index is 3.01. The molecule has 15 heavy (non-hydrogen) atoms. The zero-order valence-electron chi connectivity index (χ0n) is 7.13. The lowest BCUT2D eigenvalue weighted by atomic mass is 10.1. The minimum absolute atomic E-state index is 0.101. The summed E-state index contributed by atoms with van der Waals surface area (Å²) in [5.74, 6) is -1.58. The van der Waals surface area contributed by atoms with Gasteiger partial charge in [0.1, 0.15) is 11.3 Å². The fourth-order valence-electron chi connectivity index (χ4n) is 0.854. The van der Waals surface area contributed by atoms with Gasteiger partial charge >= 0.3 is 5.97 Å². The molecule has 1 aromatic heterocycles. The Morgan fingerprint density at radius 3 is 2.47 bits per heavy atom. The van der Waals surface area contributed by atoms with Crippen molar-refractivity contribution in [3.63, 3.8) is 0 Å². The van der Waals surface area contributed by atoms with Gasteiger partial charge < -0.3 is 15.3 Å². The molecular formula is C7H6Cl2N2O4. The van der Waals surface area contributed by atoms with Crippen LogP contribution in [0, 0.1) is 0 Å². The molecule has 2 atom stereocenters. The zero-order valence-corrected chi connectivity index (χ0v) is 8.64. The molecule has 0 amide bonds. The SMILES string of the molecule is O=C(O)C(O)C(O)c1cnc(Cl)nc1Cl. The highest BCUT2D eigenvalue weighted by Crippen LogP contribution is 2.23. The fraction of sp³-hybridized carbons (Fsp3) is 0.286. The summed E-state index contributed by atoms with van der Waals surface area (Å²) < 4.78 is 0. The molecule has 1 aromatic rings. The topological polar surface area (TPSA) is 104 Å². The number of carbonyl (C=O) groups is 1. The Morgan fingerprint density at radius 2 is 2.00 bits per heavy atom. The van der Waals surface area contributed by atoms with Crippen LogP contribution in [0.4, 0.5) is 0 Å². The van der Waals surface area contributed by atoms with Crippen LogP contribution in [0.25, 0.3) is 0 Å². The first-order chi connectivity index (χ1) is 6.93. The molecule has 0 bridgehead atoms.